The average molecular weight is 208 g/mol. The van der Waals surface area contributed by atoms with Crippen molar-refractivity contribution in [2.75, 3.05) is 10.6 Å². The first-order valence-electron chi connectivity index (χ1n) is 4.95. The Kier molecular flexibility index (Phi) is 2.34. The zero-order valence-electron chi connectivity index (χ0n) is 8.67. The molecule has 2 N–H and O–H groups in total. The molecule has 1 aliphatic heterocycles. The standard InChI is InChI=1S/C11H13FN2O/c1-6(2)9-11(15)14-10-7(12)4-3-5-8(10)13-9/h3-6,9,13H,1-2H3,(H,14,15)/t9-/m0/s1. The highest BCUT2D eigenvalue weighted by Crippen LogP contribution is 2.30. The largest absolute Gasteiger partial charge is 0.372 e. The third kappa shape index (κ3) is 1.67. The van der Waals surface area contributed by atoms with Crippen LogP contribution in [0.25, 0.3) is 0 Å². The van der Waals surface area contributed by atoms with Gasteiger partial charge in [-0.15, -0.1) is 0 Å². The number of hydrogen-bond donors (Lipinski definition) is 2. The summed E-state index contributed by atoms with van der Waals surface area (Å²) in [6.45, 7) is 3.89. The van der Waals surface area contributed by atoms with Crippen molar-refractivity contribution in [3.05, 3.63) is 24.0 Å². The Bertz CT molecular complexity index is 404. The van der Waals surface area contributed by atoms with Crippen LogP contribution in [0.5, 0.6) is 0 Å². The van der Waals surface area contributed by atoms with Crippen LogP contribution in [0.4, 0.5) is 15.8 Å². The monoisotopic (exact) mass is 208 g/mol. The van der Waals surface area contributed by atoms with Crippen molar-refractivity contribution >= 4 is 17.3 Å². The molecule has 0 aromatic heterocycles. The van der Waals surface area contributed by atoms with E-state index in [0.717, 1.165) is 0 Å². The van der Waals surface area contributed by atoms with E-state index in [4.69, 9.17) is 0 Å². The van der Waals surface area contributed by atoms with Crippen LogP contribution in [0.15, 0.2) is 18.2 Å². The summed E-state index contributed by atoms with van der Waals surface area (Å²) in [7, 11) is 0. The molecule has 2 rings (SSSR count). The number of benzene rings is 1. The van der Waals surface area contributed by atoms with Crippen LogP contribution in [0.3, 0.4) is 0 Å². The zero-order chi connectivity index (χ0) is 11.0. The highest BCUT2D eigenvalue weighted by atomic mass is 19.1. The number of hydrogen-bond acceptors (Lipinski definition) is 2. The van der Waals surface area contributed by atoms with Gasteiger partial charge < -0.3 is 10.6 Å². The van der Waals surface area contributed by atoms with Crippen molar-refractivity contribution in [3.8, 4) is 0 Å². The number of amides is 1. The second-order valence-electron chi connectivity index (χ2n) is 4.02. The summed E-state index contributed by atoms with van der Waals surface area (Å²) < 4.78 is 13.3. The molecule has 0 fully saturated rings. The van der Waals surface area contributed by atoms with Gasteiger partial charge in [0.2, 0.25) is 5.91 Å². The highest BCUT2D eigenvalue weighted by Gasteiger charge is 2.29. The van der Waals surface area contributed by atoms with E-state index in [1.54, 1.807) is 12.1 Å². The quantitative estimate of drug-likeness (QED) is 0.743. The summed E-state index contributed by atoms with van der Waals surface area (Å²) in [5, 5.41) is 5.62. The van der Waals surface area contributed by atoms with Crippen molar-refractivity contribution in [2.45, 2.75) is 19.9 Å². The third-order valence-corrected chi connectivity index (χ3v) is 2.52. The summed E-state index contributed by atoms with van der Waals surface area (Å²) >= 11 is 0. The average Bonchev–Trinajstić information content (AvgIpc) is 2.18. The first-order valence-corrected chi connectivity index (χ1v) is 4.95. The van der Waals surface area contributed by atoms with Crippen molar-refractivity contribution in [2.24, 2.45) is 5.92 Å². The van der Waals surface area contributed by atoms with Gasteiger partial charge in [-0.25, -0.2) is 4.39 Å². The maximum absolute atomic E-state index is 13.3. The fraction of sp³-hybridized carbons (Fsp3) is 0.364. The molecule has 0 bridgehead atoms. The van der Waals surface area contributed by atoms with Crippen LogP contribution in [0, 0.1) is 11.7 Å². The van der Waals surface area contributed by atoms with Crippen LogP contribution >= 0.6 is 0 Å². The molecule has 1 amide bonds. The Morgan fingerprint density at radius 2 is 2.13 bits per heavy atom. The first-order chi connectivity index (χ1) is 7.09. The molecule has 1 atom stereocenters. The Morgan fingerprint density at radius 1 is 1.40 bits per heavy atom. The predicted molar refractivity (Wildman–Crippen MR) is 57.3 cm³/mol. The zero-order valence-corrected chi connectivity index (χ0v) is 8.67. The van der Waals surface area contributed by atoms with Crippen LogP contribution in [0.2, 0.25) is 0 Å². The Hall–Kier alpha value is -1.58. The van der Waals surface area contributed by atoms with Crippen molar-refractivity contribution in [3.63, 3.8) is 0 Å². The van der Waals surface area contributed by atoms with Crippen LogP contribution in [-0.4, -0.2) is 11.9 Å². The second kappa shape index (κ2) is 3.53. The Balaban J connectivity index is 2.38. The van der Waals surface area contributed by atoms with Gasteiger partial charge >= 0.3 is 0 Å². The molecule has 1 heterocycles. The number of carbonyl (C=O) groups excluding carboxylic acids is 1. The van der Waals surface area contributed by atoms with Gasteiger partial charge in [0.05, 0.1) is 5.69 Å². The van der Waals surface area contributed by atoms with E-state index in [1.165, 1.54) is 6.07 Å². The normalized spacial score (nSPS) is 19.5. The number of anilines is 2. The lowest BCUT2D eigenvalue weighted by atomic mass is 10.0. The molecule has 0 spiro atoms. The minimum atomic E-state index is -0.407. The molecule has 1 aromatic rings. The fourth-order valence-corrected chi connectivity index (χ4v) is 1.67. The predicted octanol–water partition coefficient (Wildman–Crippen LogP) is 2.21. The molecular formula is C11H13FN2O. The number of carbonyl (C=O) groups is 1. The molecule has 0 radical (unpaired) electrons. The molecule has 1 aliphatic rings. The van der Waals surface area contributed by atoms with Crippen LogP contribution < -0.4 is 10.6 Å². The summed E-state index contributed by atoms with van der Waals surface area (Å²) in [6.07, 6.45) is 0. The lowest BCUT2D eigenvalue weighted by Crippen LogP contribution is -2.42. The second-order valence-corrected chi connectivity index (χ2v) is 4.02. The van der Waals surface area contributed by atoms with Gasteiger partial charge in [-0.2, -0.15) is 0 Å². The Labute approximate surface area is 87.7 Å². The van der Waals surface area contributed by atoms with E-state index < -0.39 is 5.82 Å². The van der Waals surface area contributed by atoms with Crippen molar-refractivity contribution in [1.29, 1.82) is 0 Å². The molecule has 1 aromatic carbocycles. The summed E-state index contributed by atoms with van der Waals surface area (Å²) in [6, 6.07) is 4.42. The third-order valence-electron chi connectivity index (χ3n) is 2.52. The number of para-hydroxylation sites is 1. The van der Waals surface area contributed by atoms with Crippen molar-refractivity contribution < 1.29 is 9.18 Å². The molecule has 3 nitrogen and oxygen atoms in total. The molecule has 0 saturated heterocycles. The van der Waals surface area contributed by atoms with Gasteiger partial charge in [-0.05, 0) is 18.1 Å². The van der Waals surface area contributed by atoms with Gasteiger partial charge in [-0.1, -0.05) is 19.9 Å². The molecular weight excluding hydrogens is 195 g/mol. The minimum absolute atomic E-state index is 0.168. The fourth-order valence-electron chi connectivity index (χ4n) is 1.67. The van der Waals surface area contributed by atoms with Gasteiger partial charge in [0.25, 0.3) is 0 Å². The SMILES string of the molecule is CC(C)[C@@H]1Nc2cccc(F)c2NC1=O. The minimum Gasteiger partial charge on any atom is -0.372 e. The van der Waals surface area contributed by atoms with E-state index in [-0.39, 0.29) is 23.6 Å². The number of rotatable bonds is 1. The summed E-state index contributed by atoms with van der Waals surface area (Å²) in [5.41, 5.74) is 0.896. The smallest absolute Gasteiger partial charge is 0.247 e. The summed E-state index contributed by atoms with van der Waals surface area (Å²) in [5.74, 6) is -0.417. The van der Waals surface area contributed by atoms with Gasteiger partial charge in [0.1, 0.15) is 17.5 Å². The van der Waals surface area contributed by atoms with Gasteiger partial charge in [0.15, 0.2) is 0 Å². The molecule has 0 unspecified atom stereocenters. The lowest BCUT2D eigenvalue weighted by Gasteiger charge is -2.29. The van der Waals surface area contributed by atoms with E-state index in [2.05, 4.69) is 10.6 Å². The van der Waals surface area contributed by atoms with Crippen LogP contribution in [0.1, 0.15) is 13.8 Å². The topological polar surface area (TPSA) is 41.1 Å². The first kappa shape index (κ1) is 9.96. The summed E-state index contributed by atoms with van der Waals surface area (Å²) in [4.78, 5) is 11.6. The molecule has 0 saturated carbocycles. The molecule has 0 aliphatic carbocycles. The molecule has 15 heavy (non-hydrogen) atoms. The van der Waals surface area contributed by atoms with E-state index in [1.807, 2.05) is 13.8 Å². The highest BCUT2D eigenvalue weighted by molar-refractivity contribution is 6.03. The van der Waals surface area contributed by atoms with Crippen molar-refractivity contribution in [1.82, 2.24) is 0 Å². The number of halogens is 1. The van der Waals surface area contributed by atoms with E-state index in [0.29, 0.717) is 5.69 Å². The maximum atomic E-state index is 13.3. The lowest BCUT2D eigenvalue weighted by molar-refractivity contribution is -0.117. The van der Waals surface area contributed by atoms with E-state index in [9.17, 15) is 9.18 Å². The molecule has 80 valence electrons. The molecule has 4 heteroatoms. The van der Waals surface area contributed by atoms with Crippen LogP contribution in [-0.2, 0) is 4.79 Å². The number of nitrogens with one attached hydrogen (secondary N) is 2. The van der Waals surface area contributed by atoms with Gasteiger partial charge in [0, 0.05) is 0 Å². The Morgan fingerprint density at radius 3 is 2.80 bits per heavy atom. The van der Waals surface area contributed by atoms with Gasteiger partial charge in [-0.3, -0.25) is 4.79 Å². The van der Waals surface area contributed by atoms with E-state index >= 15 is 0 Å². The maximum Gasteiger partial charge on any atom is 0.247 e. The number of fused-ring (bicyclic) bond motifs is 1.